The zero-order valence-corrected chi connectivity index (χ0v) is 17.7. The molecule has 1 heterocycles. The molecule has 7 heteroatoms. The largest absolute Gasteiger partial charge is 0.430 e. The highest BCUT2D eigenvalue weighted by Gasteiger charge is 2.29. The lowest BCUT2D eigenvalue weighted by Crippen LogP contribution is -2.30. The fourth-order valence-electron chi connectivity index (χ4n) is 2.91. The summed E-state index contributed by atoms with van der Waals surface area (Å²) in [6, 6.07) is 12.7. The van der Waals surface area contributed by atoms with Gasteiger partial charge in [-0.15, -0.1) is 0 Å². The lowest BCUT2D eigenvalue weighted by molar-refractivity contribution is -0.153. The lowest BCUT2D eigenvalue weighted by atomic mass is 10.0. The van der Waals surface area contributed by atoms with Crippen molar-refractivity contribution >= 4 is 50.8 Å². The molecule has 0 saturated heterocycles. The topological polar surface area (TPSA) is 67.8 Å². The zero-order valence-electron chi connectivity index (χ0n) is 15.4. The standard InChI is InChI=1S/C21H20BrClN2O3/c1-2-3-4-9-18(26)28-21-20(27)24-17-11-10-13(22)12-15(17)19(25-21)14-7-5-6-8-16(14)23/h5-8,10-12,21H,2-4,9H2,1H3,(H,24,27). The molecule has 0 aliphatic carbocycles. The number of nitrogens with zero attached hydrogens (tertiary/aromatic N) is 1. The molecule has 1 atom stereocenters. The van der Waals surface area contributed by atoms with Crippen molar-refractivity contribution in [1.29, 1.82) is 0 Å². The molecule has 0 fully saturated rings. The van der Waals surface area contributed by atoms with E-state index in [-0.39, 0.29) is 6.42 Å². The molecule has 28 heavy (non-hydrogen) atoms. The number of ether oxygens (including phenoxy) is 1. The van der Waals surface area contributed by atoms with E-state index in [0.717, 1.165) is 23.7 Å². The Morgan fingerprint density at radius 1 is 1.21 bits per heavy atom. The third kappa shape index (κ3) is 4.80. The summed E-state index contributed by atoms with van der Waals surface area (Å²) < 4.78 is 6.22. The smallest absolute Gasteiger partial charge is 0.308 e. The maximum absolute atomic E-state index is 12.6. The number of aliphatic imine (C=N–C) groups is 1. The van der Waals surface area contributed by atoms with Crippen molar-refractivity contribution in [3.05, 3.63) is 63.1 Å². The Morgan fingerprint density at radius 3 is 2.75 bits per heavy atom. The van der Waals surface area contributed by atoms with Gasteiger partial charge in [0.05, 0.1) is 11.4 Å². The molecule has 1 aliphatic rings. The van der Waals surface area contributed by atoms with Crippen LogP contribution in [0.15, 0.2) is 51.9 Å². The van der Waals surface area contributed by atoms with E-state index in [2.05, 4.69) is 33.2 Å². The zero-order chi connectivity index (χ0) is 20.1. The molecule has 0 spiro atoms. The van der Waals surface area contributed by atoms with Crippen molar-refractivity contribution in [3.63, 3.8) is 0 Å². The van der Waals surface area contributed by atoms with Crippen molar-refractivity contribution in [1.82, 2.24) is 0 Å². The van der Waals surface area contributed by atoms with Crippen molar-refractivity contribution < 1.29 is 14.3 Å². The minimum Gasteiger partial charge on any atom is -0.430 e. The molecule has 0 radical (unpaired) electrons. The summed E-state index contributed by atoms with van der Waals surface area (Å²) >= 11 is 9.84. The Kier molecular flexibility index (Phi) is 6.86. The Balaban J connectivity index is 2.00. The number of fused-ring (bicyclic) bond motifs is 1. The second kappa shape index (κ2) is 9.34. The number of hydrogen-bond acceptors (Lipinski definition) is 4. The first-order chi connectivity index (χ1) is 13.5. The van der Waals surface area contributed by atoms with Crippen LogP contribution in [0.5, 0.6) is 0 Å². The minimum absolute atomic E-state index is 0.257. The Hall–Kier alpha value is -2.18. The number of benzodiazepines with no additional fused rings is 1. The van der Waals surface area contributed by atoms with Crippen LogP contribution in [0.4, 0.5) is 5.69 Å². The number of hydrogen-bond donors (Lipinski definition) is 1. The molecule has 1 amide bonds. The van der Waals surface area contributed by atoms with Gasteiger partial charge >= 0.3 is 5.97 Å². The van der Waals surface area contributed by atoms with Crippen molar-refractivity contribution in [3.8, 4) is 0 Å². The number of unbranched alkanes of at least 4 members (excludes halogenated alkanes) is 2. The Bertz CT molecular complexity index is 930. The average Bonchev–Trinajstić information content (AvgIpc) is 2.79. The van der Waals surface area contributed by atoms with E-state index in [9.17, 15) is 9.59 Å². The molecule has 0 saturated carbocycles. The van der Waals surface area contributed by atoms with Gasteiger partial charge in [-0.3, -0.25) is 9.59 Å². The minimum atomic E-state index is -1.27. The fourth-order valence-corrected chi connectivity index (χ4v) is 3.50. The molecule has 1 aliphatic heterocycles. The highest BCUT2D eigenvalue weighted by molar-refractivity contribution is 9.10. The monoisotopic (exact) mass is 462 g/mol. The van der Waals surface area contributed by atoms with Crippen LogP contribution in [0.25, 0.3) is 0 Å². The van der Waals surface area contributed by atoms with E-state index < -0.39 is 18.1 Å². The number of halogens is 2. The number of nitrogens with one attached hydrogen (secondary N) is 1. The van der Waals surface area contributed by atoms with Crippen LogP contribution in [0.1, 0.15) is 43.7 Å². The molecule has 0 aromatic heterocycles. The molecule has 1 N–H and O–H groups in total. The van der Waals surface area contributed by atoms with Gasteiger partial charge in [-0.25, -0.2) is 4.99 Å². The lowest BCUT2D eigenvalue weighted by Gasteiger charge is -2.13. The molecule has 5 nitrogen and oxygen atoms in total. The van der Waals surface area contributed by atoms with Gasteiger partial charge in [-0.05, 0) is 30.7 Å². The van der Waals surface area contributed by atoms with Gasteiger partial charge in [0.15, 0.2) is 0 Å². The van der Waals surface area contributed by atoms with Crippen LogP contribution < -0.4 is 5.32 Å². The normalized spacial score (nSPS) is 15.9. The molecule has 146 valence electrons. The van der Waals surface area contributed by atoms with Gasteiger partial charge in [-0.1, -0.05) is 65.5 Å². The first-order valence-corrected chi connectivity index (χ1v) is 10.3. The predicted molar refractivity (Wildman–Crippen MR) is 114 cm³/mol. The Morgan fingerprint density at radius 2 is 2.00 bits per heavy atom. The summed E-state index contributed by atoms with van der Waals surface area (Å²) in [5, 5.41) is 3.29. The third-order valence-electron chi connectivity index (χ3n) is 4.32. The van der Waals surface area contributed by atoms with Gasteiger partial charge in [0.25, 0.3) is 12.1 Å². The number of carbonyl (C=O) groups excluding carboxylic acids is 2. The number of rotatable bonds is 6. The van der Waals surface area contributed by atoms with Gasteiger partial charge < -0.3 is 10.1 Å². The predicted octanol–water partition coefficient (Wildman–Crippen LogP) is 5.34. The van der Waals surface area contributed by atoms with Crippen LogP contribution in [-0.2, 0) is 14.3 Å². The van der Waals surface area contributed by atoms with Crippen molar-refractivity contribution in [2.24, 2.45) is 4.99 Å². The van der Waals surface area contributed by atoms with Gasteiger partial charge in [0.2, 0.25) is 0 Å². The molecular weight excluding hydrogens is 444 g/mol. The van der Waals surface area contributed by atoms with E-state index in [1.165, 1.54) is 0 Å². The number of anilines is 1. The third-order valence-corrected chi connectivity index (χ3v) is 5.14. The van der Waals surface area contributed by atoms with Crippen LogP contribution >= 0.6 is 27.5 Å². The fraction of sp³-hybridized carbons (Fsp3) is 0.286. The van der Waals surface area contributed by atoms with Crippen LogP contribution in [0.3, 0.4) is 0 Å². The number of benzene rings is 2. The van der Waals surface area contributed by atoms with Crippen molar-refractivity contribution in [2.75, 3.05) is 5.32 Å². The maximum Gasteiger partial charge on any atom is 0.308 e. The summed E-state index contributed by atoms with van der Waals surface area (Å²) in [6.07, 6.45) is 1.63. The highest BCUT2D eigenvalue weighted by atomic mass is 79.9. The van der Waals surface area contributed by atoms with Gasteiger partial charge in [-0.2, -0.15) is 0 Å². The molecule has 0 bridgehead atoms. The van der Waals surface area contributed by atoms with Crippen LogP contribution in [0, 0.1) is 0 Å². The summed E-state index contributed by atoms with van der Waals surface area (Å²) in [5.41, 5.74) is 2.43. The van der Waals surface area contributed by atoms with E-state index in [1.54, 1.807) is 12.1 Å². The second-order valence-electron chi connectivity index (χ2n) is 6.44. The molecular formula is C21H20BrClN2O3. The first kappa shape index (κ1) is 20.6. The molecule has 2 aromatic rings. The molecule has 3 rings (SSSR count). The highest BCUT2D eigenvalue weighted by Crippen LogP contribution is 2.30. The summed E-state index contributed by atoms with van der Waals surface area (Å²) in [4.78, 5) is 29.3. The first-order valence-electron chi connectivity index (χ1n) is 9.12. The van der Waals surface area contributed by atoms with E-state index in [1.807, 2.05) is 30.3 Å². The van der Waals surface area contributed by atoms with Gasteiger partial charge in [0, 0.05) is 27.0 Å². The summed E-state index contributed by atoms with van der Waals surface area (Å²) in [7, 11) is 0. The van der Waals surface area contributed by atoms with Crippen LogP contribution in [-0.4, -0.2) is 23.8 Å². The number of esters is 1. The van der Waals surface area contributed by atoms with E-state index in [0.29, 0.717) is 27.5 Å². The quantitative estimate of drug-likeness (QED) is 0.464. The SMILES string of the molecule is CCCCCC(=O)OC1N=C(c2ccccc2Cl)c2cc(Br)ccc2NC1=O. The number of carbonyl (C=O) groups is 2. The number of amides is 1. The Labute approximate surface area is 177 Å². The summed E-state index contributed by atoms with van der Waals surface area (Å²) in [6.45, 7) is 2.06. The molecule has 2 aromatic carbocycles. The van der Waals surface area contributed by atoms with Gasteiger partial charge in [0.1, 0.15) is 0 Å². The summed E-state index contributed by atoms with van der Waals surface area (Å²) in [5.74, 6) is -0.933. The van der Waals surface area contributed by atoms with Crippen molar-refractivity contribution in [2.45, 2.75) is 38.8 Å². The van der Waals surface area contributed by atoms with E-state index in [4.69, 9.17) is 16.3 Å². The van der Waals surface area contributed by atoms with Crippen LogP contribution in [0.2, 0.25) is 5.02 Å². The van der Waals surface area contributed by atoms with E-state index >= 15 is 0 Å². The maximum atomic E-state index is 12.6. The average molecular weight is 464 g/mol. The molecule has 1 unspecified atom stereocenters. The second-order valence-corrected chi connectivity index (χ2v) is 7.76.